The van der Waals surface area contributed by atoms with Gasteiger partial charge < -0.3 is 15.2 Å². The van der Waals surface area contributed by atoms with Crippen molar-refractivity contribution in [2.24, 2.45) is 0 Å². The molecule has 0 saturated carbocycles. The van der Waals surface area contributed by atoms with E-state index in [1.807, 2.05) is 30.3 Å². The zero-order chi connectivity index (χ0) is 25.8. The number of hydrogen-bond acceptors (Lipinski definition) is 5. The maximum atomic E-state index is 12.9. The molecule has 0 spiro atoms. The quantitative estimate of drug-likeness (QED) is 0.437. The van der Waals surface area contributed by atoms with Gasteiger partial charge in [0.15, 0.2) is 0 Å². The maximum Gasteiger partial charge on any atom is 0.407 e. The Morgan fingerprint density at radius 3 is 2.58 bits per heavy atom. The highest BCUT2D eigenvalue weighted by Gasteiger charge is 2.34. The van der Waals surface area contributed by atoms with Crippen molar-refractivity contribution in [3.63, 3.8) is 0 Å². The summed E-state index contributed by atoms with van der Waals surface area (Å²) in [4.78, 5) is 42.7. The van der Waals surface area contributed by atoms with E-state index in [9.17, 15) is 19.5 Å². The molecule has 8 nitrogen and oxygen atoms in total. The van der Waals surface area contributed by atoms with E-state index in [1.165, 1.54) is 7.11 Å². The van der Waals surface area contributed by atoms with Crippen LogP contribution in [0.3, 0.4) is 0 Å². The van der Waals surface area contributed by atoms with Crippen molar-refractivity contribution in [2.45, 2.75) is 37.8 Å². The molecule has 1 aliphatic rings. The number of pyridine rings is 1. The number of amides is 2. The first kappa shape index (κ1) is 25.7. The minimum absolute atomic E-state index is 0.173. The minimum atomic E-state index is -1.15. The van der Waals surface area contributed by atoms with Gasteiger partial charge in [-0.2, -0.15) is 0 Å². The molecule has 10 heteroatoms. The molecule has 2 amide bonds. The minimum Gasteiger partial charge on any atom is -0.467 e. The van der Waals surface area contributed by atoms with Gasteiger partial charge in [0.25, 0.3) is 0 Å². The van der Waals surface area contributed by atoms with Crippen molar-refractivity contribution in [3.05, 3.63) is 64.1 Å². The largest absolute Gasteiger partial charge is 0.467 e. The second-order valence-corrected chi connectivity index (χ2v) is 9.41. The van der Waals surface area contributed by atoms with E-state index >= 15 is 0 Å². The van der Waals surface area contributed by atoms with Gasteiger partial charge in [-0.3, -0.25) is 9.69 Å². The lowest BCUT2D eigenvalue weighted by molar-refractivity contribution is -0.145. The van der Waals surface area contributed by atoms with Gasteiger partial charge in [0.2, 0.25) is 5.91 Å². The number of carboxylic acid groups (broad SMARTS) is 1. The number of rotatable bonds is 6. The lowest BCUT2D eigenvalue weighted by atomic mass is 10.00. The molecule has 0 unspecified atom stereocenters. The molecule has 1 aromatic heterocycles. The predicted octanol–water partition coefficient (Wildman–Crippen LogP) is 4.94. The molecule has 0 bridgehead atoms. The fourth-order valence-corrected chi connectivity index (χ4v) is 5.05. The smallest absolute Gasteiger partial charge is 0.407 e. The first-order valence-corrected chi connectivity index (χ1v) is 12.3. The molecule has 2 atom stereocenters. The number of nitrogens with zero attached hydrogens (tertiary/aromatic N) is 2. The molecule has 4 rings (SSSR count). The Balaban J connectivity index is 1.55. The van der Waals surface area contributed by atoms with E-state index in [2.05, 4.69) is 10.3 Å². The number of carbonyl (C=O) groups excluding carboxylic acids is 2. The standard InChI is InChI=1S/C26H25Cl2N3O5/c1-36-25(33)21(30-24(32)22-7-2-3-12-31(22)26(34)35)14-15-8-10-19-16(13-15)9-11-20(29-19)23-17(27)5-4-6-18(23)28/h4-6,8-11,13,21-22H,2-3,7,12,14H2,1H3,(H,30,32)(H,34,35)/t21-,22-/m0/s1. The van der Waals surface area contributed by atoms with Gasteiger partial charge in [-0.25, -0.2) is 14.6 Å². The lowest BCUT2D eigenvalue weighted by Gasteiger charge is -2.33. The summed E-state index contributed by atoms with van der Waals surface area (Å²) in [6.45, 7) is 0.287. The van der Waals surface area contributed by atoms with Crippen LogP contribution in [0.25, 0.3) is 22.2 Å². The van der Waals surface area contributed by atoms with E-state index in [0.29, 0.717) is 39.7 Å². The molecule has 1 saturated heterocycles. The molecule has 2 heterocycles. The van der Waals surface area contributed by atoms with Gasteiger partial charge in [0.05, 0.1) is 28.4 Å². The fraction of sp³-hybridized carbons (Fsp3) is 0.308. The monoisotopic (exact) mass is 529 g/mol. The van der Waals surface area contributed by atoms with Gasteiger partial charge in [0, 0.05) is 23.9 Å². The first-order chi connectivity index (χ1) is 17.3. The van der Waals surface area contributed by atoms with E-state index in [0.717, 1.165) is 22.3 Å². The normalized spacial score (nSPS) is 16.4. The van der Waals surface area contributed by atoms with Gasteiger partial charge in [-0.1, -0.05) is 41.4 Å². The number of nitrogens with one attached hydrogen (secondary N) is 1. The number of likely N-dealkylation sites (tertiary alicyclic amines) is 1. The van der Waals surface area contributed by atoms with Crippen LogP contribution < -0.4 is 5.32 Å². The van der Waals surface area contributed by atoms with E-state index < -0.39 is 30.1 Å². The number of carbonyl (C=O) groups is 3. The van der Waals surface area contributed by atoms with Crippen molar-refractivity contribution < 1.29 is 24.2 Å². The topological polar surface area (TPSA) is 109 Å². The molecule has 0 aliphatic carbocycles. The number of methoxy groups -OCH3 is 1. The van der Waals surface area contributed by atoms with Gasteiger partial charge >= 0.3 is 12.1 Å². The van der Waals surface area contributed by atoms with Crippen molar-refractivity contribution >= 4 is 52.1 Å². The summed E-state index contributed by atoms with van der Waals surface area (Å²) in [7, 11) is 1.25. The summed E-state index contributed by atoms with van der Waals surface area (Å²) in [6.07, 6.45) is 0.872. The van der Waals surface area contributed by atoms with Crippen molar-refractivity contribution in [3.8, 4) is 11.3 Å². The zero-order valence-electron chi connectivity index (χ0n) is 19.5. The van der Waals surface area contributed by atoms with Gasteiger partial charge in [-0.15, -0.1) is 0 Å². The van der Waals surface area contributed by atoms with Crippen LogP contribution in [0.5, 0.6) is 0 Å². The van der Waals surface area contributed by atoms with Crippen LogP contribution in [-0.2, 0) is 20.7 Å². The highest BCUT2D eigenvalue weighted by molar-refractivity contribution is 6.39. The summed E-state index contributed by atoms with van der Waals surface area (Å²) in [6, 6.07) is 12.7. The summed E-state index contributed by atoms with van der Waals surface area (Å²) in [5.74, 6) is -1.11. The number of ether oxygens (including phenoxy) is 1. The van der Waals surface area contributed by atoms with Crippen molar-refractivity contribution in [1.82, 2.24) is 15.2 Å². The molecule has 36 heavy (non-hydrogen) atoms. The second kappa shape index (κ2) is 11.1. The average Bonchev–Trinajstić information content (AvgIpc) is 2.87. The number of halogens is 2. The molecule has 1 aliphatic heterocycles. The number of fused-ring (bicyclic) bond motifs is 1. The highest BCUT2D eigenvalue weighted by Crippen LogP contribution is 2.34. The molecular formula is C26H25Cl2N3O5. The van der Waals surface area contributed by atoms with E-state index in [-0.39, 0.29) is 13.0 Å². The van der Waals surface area contributed by atoms with E-state index in [1.54, 1.807) is 18.2 Å². The third-order valence-electron chi connectivity index (χ3n) is 6.27. The number of benzene rings is 2. The predicted molar refractivity (Wildman–Crippen MR) is 137 cm³/mol. The number of piperidine rings is 1. The van der Waals surface area contributed by atoms with Crippen molar-refractivity contribution in [1.29, 1.82) is 0 Å². The third kappa shape index (κ3) is 5.55. The van der Waals surface area contributed by atoms with Gasteiger partial charge in [0.1, 0.15) is 12.1 Å². The molecule has 2 N–H and O–H groups in total. The molecule has 1 fully saturated rings. The third-order valence-corrected chi connectivity index (χ3v) is 6.90. The molecule has 2 aromatic carbocycles. The van der Waals surface area contributed by atoms with Crippen LogP contribution in [0, 0.1) is 0 Å². The Hall–Kier alpha value is -3.36. The van der Waals surface area contributed by atoms with Crippen LogP contribution in [0.2, 0.25) is 10.0 Å². The summed E-state index contributed by atoms with van der Waals surface area (Å²) < 4.78 is 4.90. The molecule has 0 radical (unpaired) electrons. The summed E-state index contributed by atoms with van der Waals surface area (Å²) in [5, 5.41) is 14.0. The Morgan fingerprint density at radius 1 is 1.14 bits per heavy atom. The highest BCUT2D eigenvalue weighted by atomic mass is 35.5. The lowest BCUT2D eigenvalue weighted by Crippen LogP contribution is -2.55. The summed E-state index contributed by atoms with van der Waals surface area (Å²) in [5.41, 5.74) is 2.78. The Bertz CT molecular complexity index is 1300. The average molecular weight is 530 g/mol. The van der Waals surface area contributed by atoms with Gasteiger partial charge in [-0.05, 0) is 55.2 Å². The Morgan fingerprint density at radius 2 is 1.89 bits per heavy atom. The SMILES string of the molecule is COC(=O)[C@H](Cc1ccc2nc(-c3c(Cl)cccc3Cl)ccc2c1)NC(=O)[C@@H]1CCCCN1C(=O)O. The van der Waals surface area contributed by atoms with Crippen LogP contribution >= 0.6 is 23.2 Å². The maximum absolute atomic E-state index is 12.9. The number of aromatic nitrogens is 1. The Labute approximate surface area is 218 Å². The number of hydrogen-bond donors (Lipinski definition) is 2. The molecular weight excluding hydrogens is 505 g/mol. The van der Waals surface area contributed by atoms with Crippen LogP contribution in [0.4, 0.5) is 4.79 Å². The van der Waals surface area contributed by atoms with Crippen LogP contribution in [0.1, 0.15) is 24.8 Å². The first-order valence-electron chi connectivity index (χ1n) is 11.5. The zero-order valence-corrected chi connectivity index (χ0v) is 21.1. The second-order valence-electron chi connectivity index (χ2n) is 8.60. The fourth-order valence-electron chi connectivity index (χ4n) is 4.46. The molecule has 3 aromatic rings. The molecule has 188 valence electrons. The Kier molecular flexibility index (Phi) is 7.96. The van der Waals surface area contributed by atoms with Crippen LogP contribution in [-0.4, -0.2) is 58.7 Å². The van der Waals surface area contributed by atoms with Crippen LogP contribution in [0.15, 0.2) is 48.5 Å². The van der Waals surface area contributed by atoms with Crippen molar-refractivity contribution in [2.75, 3.05) is 13.7 Å². The number of esters is 1. The van der Waals surface area contributed by atoms with E-state index in [4.69, 9.17) is 27.9 Å². The summed E-state index contributed by atoms with van der Waals surface area (Å²) >= 11 is 12.7.